The first-order chi connectivity index (χ1) is 12.1. The van der Waals surface area contributed by atoms with Gasteiger partial charge in [-0.2, -0.15) is 0 Å². The first-order valence-electron chi connectivity index (χ1n) is 10.0. The van der Waals surface area contributed by atoms with Gasteiger partial charge in [-0.25, -0.2) is 0 Å². The fourth-order valence-electron chi connectivity index (χ4n) is 6.79. The summed E-state index contributed by atoms with van der Waals surface area (Å²) >= 11 is 0. The van der Waals surface area contributed by atoms with Crippen LogP contribution in [0.15, 0.2) is 12.2 Å². The van der Waals surface area contributed by atoms with Crippen molar-refractivity contribution in [2.75, 3.05) is 0 Å². The van der Waals surface area contributed by atoms with Crippen molar-refractivity contribution in [1.82, 2.24) is 0 Å². The predicted molar refractivity (Wildman–Crippen MR) is 90.4 cm³/mol. The minimum atomic E-state index is -0.315. The Kier molecular flexibility index (Phi) is 3.33. The van der Waals surface area contributed by atoms with Gasteiger partial charge in [0.15, 0.2) is 0 Å². The van der Waals surface area contributed by atoms with E-state index in [0.29, 0.717) is 6.42 Å². The van der Waals surface area contributed by atoms with Crippen LogP contribution in [-0.4, -0.2) is 23.1 Å². The molecule has 4 fully saturated rings. The molecule has 4 bridgehead atoms. The molecule has 0 radical (unpaired) electrons. The number of carbonyl (C=O) groups excluding carboxylic acids is 3. The minimum Gasteiger partial charge on any atom is -0.459 e. The van der Waals surface area contributed by atoms with Crippen LogP contribution in [0.2, 0.25) is 0 Å². The Bertz CT molecular complexity index is 671. The summed E-state index contributed by atoms with van der Waals surface area (Å²) in [5.74, 6) is -0.294. The highest BCUT2D eigenvalue weighted by Gasteiger charge is 2.69. The average Bonchev–Trinajstić information content (AvgIpc) is 3.32. The molecule has 5 aliphatic carbocycles. The summed E-state index contributed by atoms with van der Waals surface area (Å²) in [7, 11) is 0. The average molecular weight is 342 g/mol. The highest BCUT2D eigenvalue weighted by atomic mass is 16.6. The minimum absolute atomic E-state index is 0.0637. The van der Waals surface area contributed by atoms with Crippen molar-refractivity contribution in [3.05, 3.63) is 12.2 Å². The van der Waals surface area contributed by atoms with Crippen molar-refractivity contribution in [2.45, 2.75) is 57.5 Å². The van der Waals surface area contributed by atoms with E-state index in [0.717, 1.165) is 32.1 Å². The van der Waals surface area contributed by atoms with Crippen molar-refractivity contribution >= 4 is 17.5 Å². The van der Waals surface area contributed by atoms with Crippen molar-refractivity contribution in [3.8, 4) is 0 Å². The van der Waals surface area contributed by atoms with Gasteiger partial charge in [-0.05, 0) is 50.4 Å². The van der Waals surface area contributed by atoms with Crippen LogP contribution in [0.5, 0.6) is 0 Å². The lowest BCUT2D eigenvalue weighted by molar-refractivity contribution is -0.172. The van der Waals surface area contributed by atoms with E-state index in [2.05, 4.69) is 6.92 Å². The topological polar surface area (TPSA) is 60.4 Å². The van der Waals surface area contributed by atoms with Crippen LogP contribution < -0.4 is 0 Å². The van der Waals surface area contributed by atoms with Crippen LogP contribution in [0.4, 0.5) is 0 Å². The van der Waals surface area contributed by atoms with Gasteiger partial charge in [-0.3, -0.25) is 14.4 Å². The molecule has 7 unspecified atom stereocenters. The second-order valence-corrected chi connectivity index (χ2v) is 8.89. The van der Waals surface area contributed by atoms with Crippen LogP contribution in [0, 0.1) is 41.4 Å². The van der Waals surface area contributed by atoms with E-state index >= 15 is 0 Å². The van der Waals surface area contributed by atoms with Gasteiger partial charge >= 0.3 is 5.97 Å². The van der Waals surface area contributed by atoms with Gasteiger partial charge in [0.05, 0.1) is 5.92 Å². The van der Waals surface area contributed by atoms with Crippen LogP contribution in [0.1, 0.15) is 51.9 Å². The van der Waals surface area contributed by atoms with Crippen LogP contribution in [0.3, 0.4) is 0 Å². The Morgan fingerprint density at radius 1 is 1.08 bits per heavy atom. The molecule has 4 heteroatoms. The SMILES string of the molecule is CCC1(OC(=O)C2CC3C(=O)C2C2C4C=CC(C4=O)C32)CCCCC1. The number of ether oxygens (including phenoxy) is 1. The molecule has 5 aliphatic rings. The molecule has 134 valence electrons. The second kappa shape index (κ2) is 5.28. The summed E-state index contributed by atoms with van der Waals surface area (Å²) in [6.45, 7) is 2.10. The Morgan fingerprint density at radius 2 is 1.76 bits per heavy atom. The molecule has 0 heterocycles. The van der Waals surface area contributed by atoms with Crippen molar-refractivity contribution in [2.24, 2.45) is 41.4 Å². The summed E-state index contributed by atoms with van der Waals surface area (Å²) in [4.78, 5) is 38.2. The van der Waals surface area contributed by atoms with E-state index in [1.54, 1.807) is 0 Å². The third kappa shape index (κ3) is 1.97. The molecule has 5 rings (SSSR count). The Hall–Kier alpha value is -1.45. The quantitative estimate of drug-likeness (QED) is 0.449. The zero-order valence-electron chi connectivity index (χ0n) is 14.8. The van der Waals surface area contributed by atoms with Crippen LogP contribution in [-0.2, 0) is 19.1 Å². The van der Waals surface area contributed by atoms with E-state index in [1.807, 2.05) is 12.2 Å². The third-order valence-electron chi connectivity index (χ3n) is 8.00. The molecule has 4 saturated carbocycles. The number of hydrogen-bond acceptors (Lipinski definition) is 4. The maximum Gasteiger partial charge on any atom is 0.310 e. The van der Waals surface area contributed by atoms with Gasteiger partial charge < -0.3 is 4.74 Å². The summed E-state index contributed by atoms with van der Waals surface area (Å²) in [5.41, 5.74) is -0.315. The molecule has 0 aromatic heterocycles. The molecule has 0 N–H and O–H groups in total. The number of rotatable bonds is 3. The Morgan fingerprint density at radius 3 is 2.44 bits per heavy atom. The van der Waals surface area contributed by atoms with E-state index in [9.17, 15) is 14.4 Å². The number of allylic oxidation sites excluding steroid dienone is 2. The molecule has 0 spiro atoms. The molecule has 0 aliphatic heterocycles. The normalized spacial score (nSPS) is 45.9. The molecule has 0 aromatic carbocycles. The first kappa shape index (κ1) is 15.8. The monoisotopic (exact) mass is 342 g/mol. The number of hydrogen-bond donors (Lipinski definition) is 0. The second-order valence-electron chi connectivity index (χ2n) is 8.89. The van der Waals surface area contributed by atoms with Gasteiger partial charge in [0, 0.05) is 23.7 Å². The molecule has 0 aromatic rings. The summed E-state index contributed by atoms with van der Waals surface area (Å²) in [6.07, 6.45) is 10.8. The third-order valence-corrected chi connectivity index (χ3v) is 8.00. The van der Waals surface area contributed by atoms with Gasteiger partial charge in [0.1, 0.15) is 17.2 Å². The largest absolute Gasteiger partial charge is 0.459 e. The highest BCUT2D eigenvalue weighted by Crippen LogP contribution is 2.64. The fraction of sp³-hybridized carbons (Fsp3) is 0.762. The molecule has 4 nitrogen and oxygen atoms in total. The number of Topliss-reactive ketones (excluding diaryl/α,β-unsaturated/α-hetero) is 2. The molecular weight excluding hydrogens is 316 g/mol. The Balaban J connectivity index is 1.38. The molecule has 25 heavy (non-hydrogen) atoms. The van der Waals surface area contributed by atoms with Gasteiger partial charge in [-0.15, -0.1) is 0 Å². The molecular formula is C21H26O4. The lowest BCUT2D eigenvalue weighted by Crippen LogP contribution is -2.42. The lowest BCUT2D eigenvalue weighted by Gasteiger charge is -2.39. The summed E-state index contributed by atoms with van der Waals surface area (Å²) < 4.78 is 6.07. The lowest BCUT2D eigenvalue weighted by atomic mass is 9.69. The van der Waals surface area contributed by atoms with E-state index in [4.69, 9.17) is 4.74 Å². The predicted octanol–water partition coefficient (Wildman–Crippen LogP) is 3.09. The summed E-state index contributed by atoms with van der Waals surface area (Å²) in [5, 5.41) is 0. The number of ketones is 2. The maximum atomic E-state index is 13.0. The maximum absolute atomic E-state index is 13.0. The van der Waals surface area contributed by atoms with Crippen molar-refractivity contribution in [3.63, 3.8) is 0 Å². The molecule has 7 atom stereocenters. The smallest absolute Gasteiger partial charge is 0.310 e. The van der Waals surface area contributed by atoms with E-state index in [1.165, 1.54) is 6.42 Å². The Labute approximate surface area is 148 Å². The standard InChI is InChI=1S/C21H26O4/c1-2-21(8-4-3-5-9-21)25-20(24)14-10-13-15-11-6-7-12(18(11)22)16(15)17(14)19(13)23/h6-7,11-17H,2-5,8-10H2,1H3. The zero-order valence-corrected chi connectivity index (χ0v) is 14.8. The number of fused-ring (bicyclic) bond motifs is 9. The number of esters is 1. The van der Waals surface area contributed by atoms with Gasteiger partial charge in [0.25, 0.3) is 0 Å². The number of carbonyl (C=O) groups is 3. The van der Waals surface area contributed by atoms with Crippen molar-refractivity contribution in [1.29, 1.82) is 0 Å². The molecule has 0 amide bonds. The van der Waals surface area contributed by atoms with Crippen molar-refractivity contribution < 1.29 is 19.1 Å². The first-order valence-corrected chi connectivity index (χ1v) is 10.0. The summed E-state index contributed by atoms with van der Waals surface area (Å²) in [6, 6.07) is 0. The van der Waals surface area contributed by atoms with E-state index in [-0.39, 0.29) is 64.6 Å². The van der Waals surface area contributed by atoms with Crippen LogP contribution in [0.25, 0.3) is 0 Å². The van der Waals surface area contributed by atoms with Gasteiger partial charge in [-0.1, -0.05) is 25.5 Å². The van der Waals surface area contributed by atoms with E-state index < -0.39 is 0 Å². The van der Waals surface area contributed by atoms with Gasteiger partial charge in [0.2, 0.25) is 0 Å². The molecule has 0 saturated heterocycles. The fourth-order valence-corrected chi connectivity index (χ4v) is 6.79. The van der Waals surface area contributed by atoms with Crippen LogP contribution >= 0.6 is 0 Å². The zero-order chi connectivity index (χ0) is 17.3. The highest BCUT2D eigenvalue weighted by molar-refractivity contribution is 6.01.